The molecular formula is C4H9NO3. The van der Waals surface area contributed by atoms with Gasteiger partial charge in [0.25, 0.3) is 0 Å². The second-order valence-corrected chi connectivity index (χ2v) is 1.36. The minimum atomic E-state index is -0.894. The van der Waals surface area contributed by atoms with Crippen molar-refractivity contribution >= 4 is 5.97 Å². The number of likely N-dealkylation sites (N-methyl/N-ethyl adjacent to an activating group) is 1. The van der Waals surface area contributed by atoms with Crippen LogP contribution in [0.4, 0.5) is 0 Å². The average molecular weight is 119 g/mol. The van der Waals surface area contributed by atoms with E-state index in [1.807, 2.05) is 0 Å². The third-order valence-corrected chi connectivity index (χ3v) is 0.670. The van der Waals surface area contributed by atoms with Crippen LogP contribution in [-0.2, 0) is 9.63 Å². The van der Waals surface area contributed by atoms with Crippen molar-refractivity contribution in [1.82, 2.24) is 5.06 Å². The Labute approximate surface area is 47.6 Å². The van der Waals surface area contributed by atoms with Crippen LogP contribution in [0.15, 0.2) is 0 Å². The molecule has 0 saturated heterocycles. The number of carboxylic acids is 1. The van der Waals surface area contributed by atoms with E-state index in [-0.39, 0.29) is 6.54 Å². The van der Waals surface area contributed by atoms with Crippen LogP contribution in [0.25, 0.3) is 0 Å². The van der Waals surface area contributed by atoms with Crippen LogP contribution in [0.5, 0.6) is 0 Å². The highest BCUT2D eigenvalue weighted by molar-refractivity contribution is 5.68. The predicted molar refractivity (Wildman–Crippen MR) is 27.3 cm³/mol. The molecular weight excluding hydrogens is 110 g/mol. The number of carbonyl (C=O) groups is 1. The lowest BCUT2D eigenvalue weighted by Gasteiger charge is -2.08. The highest BCUT2D eigenvalue weighted by atomic mass is 16.7. The lowest BCUT2D eigenvalue weighted by molar-refractivity contribution is -0.156. The van der Waals surface area contributed by atoms with Crippen molar-refractivity contribution in [2.45, 2.75) is 0 Å². The molecule has 0 saturated carbocycles. The lowest BCUT2D eigenvalue weighted by atomic mass is 10.7. The van der Waals surface area contributed by atoms with Gasteiger partial charge in [0, 0.05) is 7.05 Å². The molecule has 4 heteroatoms. The Morgan fingerprint density at radius 1 is 1.88 bits per heavy atom. The Balaban J connectivity index is 3.24. The number of carboxylic acid groups (broad SMARTS) is 1. The second-order valence-electron chi connectivity index (χ2n) is 1.36. The molecule has 0 aliphatic heterocycles. The van der Waals surface area contributed by atoms with Gasteiger partial charge in [0.15, 0.2) is 0 Å². The van der Waals surface area contributed by atoms with Gasteiger partial charge < -0.3 is 9.94 Å². The topological polar surface area (TPSA) is 49.8 Å². The van der Waals surface area contributed by atoms with E-state index >= 15 is 0 Å². The summed E-state index contributed by atoms with van der Waals surface area (Å²) in [5.41, 5.74) is 0. The summed E-state index contributed by atoms with van der Waals surface area (Å²) in [5.74, 6) is -0.894. The molecule has 0 amide bonds. The zero-order chi connectivity index (χ0) is 6.57. The van der Waals surface area contributed by atoms with Crippen LogP contribution in [-0.4, -0.2) is 36.8 Å². The summed E-state index contributed by atoms with van der Waals surface area (Å²) in [6.07, 6.45) is 0. The fourth-order valence-corrected chi connectivity index (χ4v) is 0.255. The predicted octanol–water partition coefficient (Wildman–Crippen LogP) is -0.436. The maximum absolute atomic E-state index is 9.85. The molecule has 0 unspecified atom stereocenters. The monoisotopic (exact) mass is 119 g/mol. The smallest absolute Gasteiger partial charge is 0.320 e. The van der Waals surface area contributed by atoms with Crippen LogP contribution in [0.2, 0.25) is 0 Å². The summed E-state index contributed by atoms with van der Waals surface area (Å²) < 4.78 is 0. The van der Waals surface area contributed by atoms with Crippen molar-refractivity contribution < 1.29 is 14.7 Å². The third-order valence-electron chi connectivity index (χ3n) is 0.670. The molecule has 0 spiro atoms. The maximum Gasteiger partial charge on any atom is 0.320 e. The highest BCUT2D eigenvalue weighted by Crippen LogP contribution is 1.77. The summed E-state index contributed by atoms with van der Waals surface area (Å²) in [4.78, 5) is 14.4. The summed E-state index contributed by atoms with van der Waals surface area (Å²) in [7, 11) is 2.97. The Bertz CT molecular complexity index is 83.4. The fourth-order valence-electron chi connectivity index (χ4n) is 0.255. The first-order chi connectivity index (χ1) is 3.66. The van der Waals surface area contributed by atoms with Gasteiger partial charge >= 0.3 is 5.97 Å². The van der Waals surface area contributed by atoms with Gasteiger partial charge in [-0.05, 0) is 0 Å². The van der Waals surface area contributed by atoms with Gasteiger partial charge in [0.2, 0.25) is 0 Å². The fraction of sp³-hybridized carbons (Fsp3) is 0.750. The van der Waals surface area contributed by atoms with Gasteiger partial charge in [0.05, 0.1) is 7.11 Å². The van der Waals surface area contributed by atoms with Crippen molar-refractivity contribution in [1.29, 1.82) is 0 Å². The molecule has 0 radical (unpaired) electrons. The van der Waals surface area contributed by atoms with Gasteiger partial charge in [-0.2, -0.15) is 5.06 Å². The number of nitrogens with zero attached hydrogens (tertiary/aromatic N) is 1. The van der Waals surface area contributed by atoms with Crippen molar-refractivity contribution in [2.75, 3.05) is 20.7 Å². The molecule has 0 fully saturated rings. The van der Waals surface area contributed by atoms with Crippen LogP contribution in [0, 0.1) is 0 Å². The molecule has 0 rings (SSSR count). The van der Waals surface area contributed by atoms with E-state index in [9.17, 15) is 4.79 Å². The SMILES string of the molecule is CON(C)CC(=O)O. The van der Waals surface area contributed by atoms with Crippen molar-refractivity contribution in [3.8, 4) is 0 Å². The van der Waals surface area contributed by atoms with Gasteiger partial charge in [-0.1, -0.05) is 0 Å². The molecule has 0 aromatic rings. The molecule has 0 bridgehead atoms. The largest absolute Gasteiger partial charge is 0.480 e. The number of aliphatic carboxylic acids is 1. The zero-order valence-corrected chi connectivity index (χ0v) is 4.92. The number of hydrogen-bond donors (Lipinski definition) is 1. The molecule has 0 aliphatic rings. The highest BCUT2D eigenvalue weighted by Gasteiger charge is 1.99. The average Bonchev–Trinajstić information content (AvgIpc) is 1.65. The van der Waals surface area contributed by atoms with Gasteiger partial charge in [-0.25, -0.2) is 0 Å². The first-order valence-electron chi connectivity index (χ1n) is 2.14. The van der Waals surface area contributed by atoms with E-state index < -0.39 is 5.97 Å². The first kappa shape index (κ1) is 7.39. The van der Waals surface area contributed by atoms with Crippen LogP contribution in [0.1, 0.15) is 0 Å². The standard InChI is InChI=1S/C4H9NO3/c1-5(8-2)3-4(6)7/h3H2,1-2H3,(H,6,7). The Hall–Kier alpha value is -0.610. The minimum absolute atomic E-state index is 0.0868. The molecule has 1 N–H and O–H groups in total. The molecule has 4 nitrogen and oxygen atoms in total. The maximum atomic E-state index is 9.85. The van der Waals surface area contributed by atoms with E-state index in [1.54, 1.807) is 7.05 Å². The third kappa shape index (κ3) is 3.58. The zero-order valence-electron chi connectivity index (χ0n) is 4.92. The molecule has 0 heterocycles. The lowest BCUT2D eigenvalue weighted by Crippen LogP contribution is -2.24. The quantitative estimate of drug-likeness (QED) is 0.512. The number of hydrogen-bond acceptors (Lipinski definition) is 3. The van der Waals surface area contributed by atoms with Gasteiger partial charge in [-0.15, -0.1) is 0 Å². The molecule has 0 aliphatic carbocycles. The van der Waals surface area contributed by atoms with Gasteiger partial charge in [-0.3, -0.25) is 4.79 Å². The molecule has 0 aromatic heterocycles. The summed E-state index contributed by atoms with van der Waals surface area (Å²) in [5, 5.41) is 9.32. The second kappa shape index (κ2) is 3.40. The molecule has 0 aromatic carbocycles. The number of rotatable bonds is 3. The Morgan fingerprint density at radius 2 is 2.38 bits per heavy atom. The van der Waals surface area contributed by atoms with Crippen LogP contribution >= 0.6 is 0 Å². The number of hydroxylamine groups is 2. The van der Waals surface area contributed by atoms with Crippen molar-refractivity contribution in [2.24, 2.45) is 0 Å². The van der Waals surface area contributed by atoms with Crippen LogP contribution < -0.4 is 0 Å². The summed E-state index contributed by atoms with van der Waals surface area (Å²) in [6.45, 7) is -0.0868. The summed E-state index contributed by atoms with van der Waals surface area (Å²) in [6, 6.07) is 0. The minimum Gasteiger partial charge on any atom is -0.480 e. The van der Waals surface area contributed by atoms with Gasteiger partial charge in [0.1, 0.15) is 6.54 Å². The van der Waals surface area contributed by atoms with E-state index in [4.69, 9.17) is 5.11 Å². The summed E-state index contributed by atoms with van der Waals surface area (Å²) >= 11 is 0. The first-order valence-corrected chi connectivity index (χ1v) is 2.14. The normalized spacial score (nSPS) is 9.88. The Kier molecular flexibility index (Phi) is 3.14. The Morgan fingerprint density at radius 3 is 2.50 bits per heavy atom. The van der Waals surface area contributed by atoms with Crippen molar-refractivity contribution in [3.63, 3.8) is 0 Å². The van der Waals surface area contributed by atoms with E-state index in [2.05, 4.69) is 4.84 Å². The van der Waals surface area contributed by atoms with E-state index in [0.717, 1.165) is 0 Å². The van der Waals surface area contributed by atoms with E-state index in [0.29, 0.717) is 0 Å². The molecule has 8 heavy (non-hydrogen) atoms. The molecule has 0 atom stereocenters. The van der Waals surface area contributed by atoms with Crippen LogP contribution in [0.3, 0.4) is 0 Å². The molecule has 48 valence electrons. The van der Waals surface area contributed by atoms with E-state index in [1.165, 1.54) is 12.2 Å². The van der Waals surface area contributed by atoms with Crippen molar-refractivity contribution in [3.05, 3.63) is 0 Å².